The van der Waals surface area contributed by atoms with Crippen molar-refractivity contribution in [2.45, 2.75) is 43.7 Å². The number of carbonyl (C=O) groups is 2. The molecule has 1 fully saturated rings. The molecule has 0 radical (unpaired) electrons. The molecular formula is C30H26FNO3. The van der Waals surface area contributed by atoms with Crippen LogP contribution in [0.15, 0.2) is 72.8 Å². The van der Waals surface area contributed by atoms with Gasteiger partial charge in [-0.1, -0.05) is 60.7 Å². The summed E-state index contributed by atoms with van der Waals surface area (Å²) in [6.07, 6.45) is 5.78. The number of benzene rings is 3. The monoisotopic (exact) mass is 467 g/mol. The van der Waals surface area contributed by atoms with E-state index in [1.54, 1.807) is 6.07 Å². The Morgan fingerprint density at radius 1 is 1.00 bits per heavy atom. The number of hydrogen-bond acceptors (Lipinski definition) is 3. The zero-order valence-electron chi connectivity index (χ0n) is 19.3. The zero-order valence-corrected chi connectivity index (χ0v) is 19.3. The van der Waals surface area contributed by atoms with Crippen molar-refractivity contribution in [2.24, 2.45) is 0 Å². The van der Waals surface area contributed by atoms with Crippen LogP contribution in [-0.4, -0.2) is 36.0 Å². The van der Waals surface area contributed by atoms with Crippen molar-refractivity contribution in [3.05, 3.63) is 101 Å². The second-order valence-electron chi connectivity index (χ2n) is 9.61. The Kier molecular flexibility index (Phi) is 5.48. The Bertz CT molecular complexity index is 1300. The minimum absolute atomic E-state index is 0.0261. The van der Waals surface area contributed by atoms with Crippen molar-refractivity contribution in [1.29, 1.82) is 0 Å². The smallest absolute Gasteiger partial charge is 0.410 e. The first-order valence-electron chi connectivity index (χ1n) is 12.2. The summed E-state index contributed by atoms with van der Waals surface area (Å²) in [5, 5.41) is 0. The van der Waals surface area contributed by atoms with Gasteiger partial charge in [0.2, 0.25) is 0 Å². The Morgan fingerprint density at radius 2 is 1.71 bits per heavy atom. The van der Waals surface area contributed by atoms with Gasteiger partial charge in [0.05, 0.1) is 11.6 Å². The minimum Gasteiger partial charge on any atom is -0.448 e. The molecule has 2 atom stereocenters. The molecule has 5 heteroatoms. The van der Waals surface area contributed by atoms with E-state index in [1.165, 1.54) is 34.4 Å². The van der Waals surface area contributed by atoms with Gasteiger partial charge >= 0.3 is 6.09 Å². The summed E-state index contributed by atoms with van der Waals surface area (Å²) in [5.41, 5.74) is 6.67. The molecule has 2 heterocycles. The van der Waals surface area contributed by atoms with Crippen LogP contribution in [0.2, 0.25) is 0 Å². The summed E-state index contributed by atoms with van der Waals surface area (Å²) in [4.78, 5) is 26.2. The minimum atomic E-state index is -0.512. The van der Waals surface area contributed by atoms with Crippen molar-refractivity contribution >= 4 is 18.0 Å². The third-order valence-corrected chi connectivity index (χ3v) is 7.68. The van der Waals surface area contributed by atoms with Crippen LogP contribution in [0.5, 0.6) is 0 Å². The first-order chi connectivity index (χ1) is 17.1. The molecule has 1 aliphatic carbocycles. The first kappa shape index (κ1) is 21.8. The Labute approximate surface area is 204 Å². The molecule has 2 bridgehead atoms. The first-order valence-corrected chi connectivity index (χ1v) is 12.2. The van der Waals surface area contributed by atoms with Gasteiger partial charge in [0.25, 0.3) is 0 Å². The SMILES string of the molecule is O=Cc1ccc(C2=CC3CCCC(C2)N3C(=O)OCC2c3ccccc3-c3ccccc32)cc1F. The van der Waals surface area contributed by atoms with Crippen LogP contribution >= 0.6 is 0 Å². The van der Waals surface area contributed by atoms with Crippen LogP contribution in [0.25, 0.3) is 16.7 Å². The maximum atomic E-state index is 14.2. The van der Waals surface area contributed by atoms with E-state index in [-0.39, 0.29) is 29.7 Å². The van der Waals surface area contributed by atoms with E-state index < -0.39 is 5.82 Å². The lowest BCUT2D eigenvalue weighted by molar-refractivity contribution is 0.0539. The molecule has 176 valence electrons. The highest BCUT2D eigenvalue weighted by molar-refractivity contribution is 5.80. The maximum absolute atomic E-state index is 14.2. The van der Waals surface area contributed by atoms with Gasteiger partial charge in [-0.25, -0.2) is 9.18 Å². The molecule has 0 spiro atoms. The number of halogens is 1. The molecule has 3 aromatic carbocycles. The van der Waals surface area contributed by atoms with Crippen LogP contribution in [0.4, 0.5) is 9.18 Å². The van der Waals surface area contributed by atoms with Gasteiger partial charge in [0, 0.05) is 12.0 Å². The number of amides is 1. The van der Waals surface area contributed by atoms with E-state index >= 15 is 0 Å². The molecule has 4 nitrogen and oxygen atoms in total. The van der Waals surface area contributed by atoms with Gasteiger partial charge in [-0.05, 0) is 71.2 Å². The highest BCUT2D eigenvalue weighted by atomic mass is 19.1. The van der Waals surface area contributed by atoms with E-state index in [0.717, 1.165) is 30.4 Å². The molecule has 1 saturated heterocycles. The Hall–Kier alpha value is -3.73. The molecule has 0 N–H and O–H groups in total. The molecule has 3 aromatic rings. The summed E-state index contributed by atoms with van der Waals surface area (Å²) < 4.78 is 20.2. The van der Waals surface area contributed by atoms with Crippen LogP contribution in [0.3, 0.4) is 0 Å². The summed E-state index contributed by atoms with van der Waals surface area (Å²) >= 11 is 0. The lowest BCUT2D eigenvalue weighted by Crippen LogP contribution is -2.51. The predicted molar refractivity (Wildman–Crippen MR) is 133 cm³/mol. The van der Waals surface area contributed by atoms with Crippen molar-refractivity contribution in [1.82, 2.24) is 4.90 Å². The van der Waals surface area contributed by atoms with Gasteiger partial charge < -0.3 is 4.74 Å². The average Bonchev–Trinajstić information content (AvgIpc) is 3.20. The molecule has 0 saturated carbocycles. The molecule has 35 heavy (non-hydrogen) atoms. The van der Waals surface area contributed by atoms with E-state index in [9.17, 15) is 14.0 Å². The van der Waals surface area contributed by atoms with Crippen molar-refractivity contribution in [2.75, 3.05) is 6.61 Å². The predicted octanol–water partition coefficient (Wildman–Crippen LogP) is 6.60. The zero-order chi connectivity index (χ0) is 23.9. The quantitative estimate of drug-likeness (QED) is 0.406. The number of piperidine rings is 1. The van der Waals surface area contributed by atoms with Crippen molar-refractivity contribution in [3.8, 4) is 11.1 Å². The third-order valence-electron chi connectivity index (χ3n) is 7.68. The number of rotatable bonds is 4. The average molecular weight is 468 g/mol. The molecule has 2 unspecified atom stereocenters. The number of hydrogen-bond donors (Lipinski definition) is 0. The molecule has 0 aromatic heterocycles. The summed E-state index contributed by atoms with van der Waals surface area (Å²) in [6, 6.07) is 21.3. The summed E-state index contributed by atoms with van der Waals surface area (Å²) in [5.74, 6) is -0.482. The van der Waals surface area contributed by atoms with Crippen LogP contribution in [0, 0.1) is 5.82 Å². The fourth-order valence-corrected chi connectivity index (χ4v) is 6.02. The topological polar surface area (TPSA) is 46.6 Å². The highest BCUT2D eigenvalue weighted by Crippen LogP contribution is 2.45. The Morgan fingerprint density at radius 3 is 2.37 bits per heavy atom. The van der Waals surface area contributed by atoms with Crippen molar-refractivity contribution in [3.63, 3.8) is 0 Å². The van der Waals surface area contributed by atoms with E-state index in [4.69, 9.17) is 4.74 Å². The molecular weight excluding hydrogens is 441 g/mol. The van der Waals surface area contributed by atoms with Crippen LogP contribution < -0.4 is 0 Å². The number of aldehydes is 1. The number of carbonyl (C=O) groups excluding carboxylic acids is 2. The number of fused-ring (bicyclic) bond motifs is 5. The highest BCUT2D eigenvalue weighted by Gasteiger charge is 2.39. The lowest BCUT2D eigenvalue weighted by atomic mass is 9.83. The van der Waals surface area contributed by atoms with Crippen molar-refractivity contribution < 1.29 is 18.7 Å². The maximum Gasteiger partial charge on any atom is 0.410 e. The van der Waals surface area contributed by atoms with Gasteiger partial charge in [-0.3, -0.25) is 9.69 Å². The molecule has 3 aliphatic rings. The second kappa shape index (κ2) is 8.81. The van der Waals surface area contributed by atoms with Gasteiger partial charge in [-0.15, -0.1) is 0 Å². The van der Waals surface area contributed by atoms with E-state index in [0.29, 0.717) is 19.3 Å². The largest absolute Gasteiger partial charge is 0.448 e. The molecule has 2 aliphatic heterocycles. The fraction of sp³-hybridized carbons (Fsp3) is 0.267. The van der Waals surface area contributed by atoms with Crippen LogP contribution in [0.1, 0.15) is 58.6 Å². The molecule has 6 rings (SSSR count). The molecule has 1 amide bonds. The van der Waals surface area contributed by atoms with Gasteiger partial charge in [-0.2, -0.15) is 0 Å². The summed E-state index contributed by atoms with van der Waals surface area (Å²) in [7, 11) is 0. The van der Waals surface area contributed by atoms with E-state index in [1.807, 2.05) is 29.2 Å². The van der Waals surface area contributed by atoms with Gasteiger partial charge in [0.15, 0.2) is 6.29 Å². The summed E-state index contributed by atoms with van der Waals surface area (Å²) in [6.45, 7) is 0.303. The fourth-order valence-electron chi connectivity index (χ4n) is 6.02. The third kappa shape index (κ3) is 3.75. The lowest BCUT2D eigenvalue weighted by Gasteiger charge is -2.44. The second-order valence-corrected chi connectivity index (χ2v) is 9.61. The number of nitrogens with zero attached hydrogens (tertiary/aromatic N) is 1. The standard InChI is InChI=1S/C30H26FNO3/c31-29-16-19(12-13-20(29)17-33)21-14-22-6-5-7-23(15-21)32(22)30(34)35-18-28-26-10-3-1-8-24(26)25-9-2-4-11-27(25)28/h1-4,8-14,16-17,22-23,28H,5-7,15,18H2. The normalized spacial score (nSPS) is 20.6. The van der Waals surface area contributed by atoms with Gasteiger partial charge in [0.1, 0.15) is 12.4 Å². The van der Waals surface area contributed by atoms with Crippen LogP contribution in [-0.2, 0) is 4.74 Å². The Balaban J connectivity index is 1.22. The number of ether oxygens (including phenoxy) is 1. The van der Waals surface area contributed by atoms with E-state index in [2.05, 4.69) is 30.3 Å².